The predicted molar refractivity (Wildman–Crippen MR) is 150 cm³/mol. The molecule has 188 valence electrons. The van der Waals surface area contributed by atoms with Crippen molar-refractivity contribution in [3.8, 4) is 0 Å². The molecule has 0 amide bonds. The summed E-state index contributed by atoms with van der Waals surface area (Å²) < 4.78 is 0. The van der Waals surface area contributed by atoms with Gasteiger partial charge in [0.05, 0.1) is 0 Å². The molecule has 3 heterocycles. The van der Waals surface area contributed by atoms with Gasteiger partial charge in [0.2, 0.25) is 0 Å². The van der Waals surface area contributed by atoms with E-state index in [1.54, 1.807) is 0 Å². The summed E-state index contributed by atoms with van der Waals surface area (Å²) in [7, 11) is 0. The number of nitrogens with zero attached hydrogens (tertiary/aromatic N) is 2. The molecule has 0 saturated carbocycles. The van der Waals surface area contributed by atoms with Crippen LogP contribution >= 0.6 is 0 Å². The molecule has 0 aromatic heterocycles. The third-order valence-electron chi connectivity index (χ3n) is 7.21. The normalized spacial score (nSPS) is 23.1. The van der Waals surface area contributed by atoms with Crippen LogP contribution in [0.5, 0.6) is 0 Å². The van der Waals surface area contributed by atoms with Crippen LogP contribution in [-0.4, -0.2) is 36.0 Å². The molecule has 0 aromatic rings. The van der Waals surface area contributed by atoms with Gasteiger partial charge in [-0.15, -0.1) is 0 Å². The van der Waals surface area contributed by atoms with Crippen molar-refractivity contribution in [2.24, 2.45) is 0 Å². The summed E-state index contributed by atoms with van der Waals surface area (Å²) in [6, 6.07) is 0. The predicted octanol–water partition coefficient (Wildman–Crippen LogP) is 8.87. The zero-order chi connectivity index (χ0) is 23.5. The Morgan fingerprint density at radius 2 is 0.824 bits per heavy atom. The van der Waals surface area contributed by atoms with E-state index in [4.69, 9.17) is 0 Å². The Kier molecular flexibility index (Phi) is 13.7. The SMILES string of the molecule is C1=CCC2=CN(CC=C2)CCCCCCCCC=CCC2=CN(CC=C2)CCCCCCCC1. The molecule has 0 saturated heterocycles. The van der Waals surface area contributed by atoms with Crippen LogP contribution in [0, 0.1) is 0 Å². The van der Waals surface area contributed by atoms with Crippen molar-refractivity contribution in [1.29, 1.82) is 0 Å². The largest absolute Gasteiger partial charge is 0.373 e. The molecule has 34 heavy (non-hydrogen) atoms. The maximum atomic E-state index is 2.51. The third-order valence-corrected chi connectivity index (χ3v) is 7.21. The van der Waals surface area contributed by atoms with E-state index in [1.165, 1.54) is 114 Å². The second-order valence-corrected chi connectivity index (χ2v) is 10.4. The van der Waals surface area contributed by atoms with Crippen molar-refractivity contribution in [3.05, 3.63) is 72.2 Å². The van der Waals surface area contributed by atoms with E-state index >= 15 is 0 Å². The molecule has 0 atom stereocenters. The summed E-state index contributed by atoms with van der Waals surface area (Å²) in [5, 5.41) is 0. The van der Waals surface area contributed by atoms with Gasteiger partial charge in [0.1, 0.15) is 0 Å². The zero-order valence-corrected chi connectivity index (χ0v) is 21.8. The fraction of sp³-hybridized carbons (Fsp3) is 0.625. The average molecular weight is 463 g/mol. The highest BCUT2D eigenvalue weighted by atomic mass is 15.1. The highest BCUT2D eigenvalue weighted by Gasteiger charge is 2.05. The lowest BCUT2D eigenvalue weighted by Crippen LogP contribution is -2.21. The Hall–Kier alpha value is -1.96. The summed E-state index contributed by atoms with van der Waals surface area (Å²) in [6.07, 6.45) is 44.8. The molecule has 3 rings (SSSR count). The van der Waals surface area contributed by atoms with Crippen LogP contribution in [0.15, 0.2) is 72.2 Å². The standard InChI is InChI=1S/C32H50N2/c1-3-7-11-15-21-31-23-19-28-34(29-31)26-18-14-10-6-2-4-8-12-16-22-32-24-20-27-33(30-32)25-17-13-9-5-1/h11-12,15-16,19-20,23-24,29-30H,1-10,13-14,17-18,21-22,25-28H2. The fourth-order valence-electron chi connectivity index (χ4n) is 5.14. The smallest absolute Gasteiger partial charge is 0.0357 e. The maximum absolute atomic E-state index is 2.51. The Morgan fingerprint density at radius 1 is 0.412 bits per heavy atom. The number of hydrogen-bond acceptors (Lipinski definition) is 2. The average Bonchev–Trinajstić information content (AvgIpc) is 2.86. The van der Waals surface area contributed by atoms with E-state index in [2.05, 4.69) is 70.8 Å². The fourth-order valence-corrected chi connectivity index (χ4v) is 5.14. The minimum absolute atomic E-state index is 1.09. The molecule has 0 N–H and O–H groups in total. The van der Waals surface area contributed by atoms with Gasteiger partial charge in [-0.2, -0.15) is 0 Å². The first-order valence-electron chi connectivity index (χ1n) is 14.4. The van der Waals surface area contributed by atoms with E-state index in [1.807, 2.05) is 0 Å². The third kappa shape index (κ3) is 12.0. The van der Waals surface area contributed by atoms with E-state index in [9.17, 15) is 0 Å². The van der Waals surface area contributed by atoms with Gasteiger partial charge >= 0.3 is 0 Å². The van der Waals surface area contributed by atoms with E-state index in [0.717, 1.165) is 25.9 Å². The van der Waals surface area contributed by atoms with Gasteiger partial charge in [-0.1, -0.05) is 100.0 Å². The lowest BCUT2D eigenvalue weighted by molar-refractivity contribution is 0.388. The summed E-state index contributed by atoms with van der Waals surface area (Å²) >= 11 is 0. The number of allylic oxidation sites excluding steroid dienone is 8. The van der Waals surface area contributed by atoms with E-state index < -0.39 is 0 Å². The molecular weight excluding hydrogens is 412 g/mol. The van der Waals surface area contributed by atoms with E-state index in [-0.39, 0.29) is 0 Å². The molecule has 0 spiro atoms. The van der Waals surface area contributed by atoms with Gasteiger partial charge in [0.15, 0.2) is 0 Å². The highest BCUT2D eigenvalue weighted by Crippen LogP contribution is 2.17. The second kappa shape index (κ2) is 17.5. The molecular formula is C32H50N2. The quantitative estimate of drug-likeness (QED) is 0.332. The van der Waals surface area contributed by atoms with Crippen LogP contribution in [0.3, 0.4) is 0 Å². The highest BCUT2D eigenvalue weighted by molar-refractivity contribution is 5.25. The van der Waals surface area contributed by atoms with E-state index in [0.29, 0.717) is 0 Å². The minimum atomic E-state index is 1.09. The Bertz CT molecular complexity index is 659. The lowest BCUT2D eigenvalue weighted by atomic mass is 10.1. The zero-order valence-electron chi connectivity index (χ0n) is 21.8. The number of rotatable bonds is 0. The molecule has 0 aromatic carbocycles. The van der Waals surface area contributed by atoms with Gasteiger partial charge in [0, 0.05) is 38.6 Å². The monoisotopic (exact) mass is 462 g/mol. The van der Waals surface area contributed by atoms with Crippen molar-refractivity contribution in [2.45, 2.75) is 103 Å². The molecule has 4 bridgehead atoms. The van der Waals surface area contributed by atoms with Crippen molar-refractivity contribution in [2.75, 3.05) is 26.2 Å². The first-order valence-corrected chi connectivity index (χ1v) is 14.4. The molecule has 3 aliphatic rings. The summed E-state index contributed by atoms with van der Waals surface area (Å²) in [5.74, 6) is 0. The first-order chi connectivity index (χ1) is 16.9. The van der Waals surface area contributed by atoms with Crippen LogP contribution in [0.4, 0.5) is 0 Å². The van der Waals surface area contributed by atoms with Crippen LogP contribution in [0.25, 0.3) is 0 Å². The molecule has 0 unspecified atom stereocenters. The molecule has 3 aliphatic heterocycles. The molecule has 0 fully saturated rings. The van der Waals surface area contributed by atoms with Gasteiger partial charge in [0.25, 0.3) is 0 Å². The Morgan fingerprint density at radius 3 is 1.29 bits per heavy atom. The van der Waals surface area contributed by atoms with Crippen LogP contribution in [-0.2, 0) is 0 Å². The lowest BCUT2D eigenvalue weighted by Gasteiger charge is -2.23. The minimum Gasteiger partial charge on any atom is -0.373 e. The topological polar surface area (TPSA) is 6.48 Å². The maximum Gasteiger partial charge on any atom is 0.0357 e. The number of fused-ring (bicyclic) bond motifs is 2. The second-order valence-electron chi connectivity index (χ2n) is 10.4. The Labute approximate surface area is 210 Å². The van der Waals surface area contributed by atoms with Gasteiger partial charge in [-0.3, -0.25) is 0 Å². The van der Waals surface area contributed by atoms with Crippen LogP contribution in [0.1, 0.15) is 103 Å². The number of hydrogen-bond donors (Lipinski definition) is 0. The summed E-state index contributed by atoms with van der Waals surface area (Å²) in [4.78, 5) is 5.03. The Balaban J connectivity index is 1.40. The van der Waals surface area contributed by atoms with Crippen molar-refractivity contribution >= 4 is 0 Å². The molecule has 0 aliphatic carbocycles. The van der Waals surface area contributed by atoms with Gasteiger partial charge < -0.3 is 9.80 Å². The first kappa shape index (κ1) is 26.6. The molecule has 0 radical (unpaired) electrons. The summed E-state index contributed by atoms with van der Waals surface area (Å²) in [5.41, 5.74) is 2.93. The van der Waals surface area contributed by atoms with Crippen LogP contribution in [0.2, 0.25) is 0 Å². The summed E-state index contributed by atoms with van der Waals surface area (Å²) in [6.45, 7) is 4.60. The van der Waals surface area contributed by atoms with Crippen molar-refractivity contribution in [1.82, 2.24) is 9.80 Å². The van der Waals surface area contributed by atoms with Crippen LogP contribution < -0.4 is 0 Å². The van der Waals surface area contributed by atoms with Crippen molar-refractivity contribution in [3.63, 3.8) is 0 Å². The van der Waals surface area contributed by atoms with Crippen molar-refractivity contribution < 1.29 is 0 Å². The molecule has 2 nitrogen and oxygen atoms in total. The molecule has 2 heteroatoms. The van der Waals surface area contributed by atoms with Gasteiger partial charge in [-0.05, 0) is 62.5 Å². The van der Waals surface area contributed by atoms with Gasteiger partial charge in [-0.25, -0.2) is 0 Å².